The molecule has 5 rings (SSSR count). The Morgan fingerprint density at radius 1 is 1.22 bits per heavy atom. The van der Waals surface area contributed by atoms with Crippen molar-refractivity contribution in [3.05, 3.63) is 10.1 Å². The summed E-state index contributed by atoms with van der Waals surface area (Å²) in [4.78, 5) is 41.6. The van der Waals surface area contributed by atoms with Gasteiger partial charge in [0.15, 0.2) is 5.03 Å². The van der Waals surface area contributed by atoms with Crippen LogP contribution in [0, 0.1) is 45.1 Å². The number of rotatable bonds is 13. The third-order valence-corrected chi connectivity index (χ3v) is 10.2. The second-order valence-corrected chi connectivity index (χ2v) is 13.8. The van der Waals surface area contributed by atoms with Crippen LogP contribution < -0.4 is 21.8 Å². The van der Waals surface area contributed by atoms with E-state index in [-0.39, 0.29) is 59.6 Å². The number of aliphatic imine (C=N–C) groups is 1. The number of nitrogens with zero attached hydrogens (tertiary/aromatic N) is 2. The summed E-state index contributed by atoms with van der Waals surface area (Å²) in [5, 5.41) is 16.3. The average molecular weight is 577 g/mol. The Morgan fingerprint density at radius 2 is 1.93 bits per heavy atom. The maximum Gasteiger partial charge on any atom is 0.481 e. The van der Waals surface area contributed by atoms with E-state index in [1.165, 1.54) is 0 Å². The fraction of sp³-hybridized carbons (Fsp3) is 0.893. The van der Waals surface area contributed by atoms with Crippen LogP contribution in [0.15, 0.2) is 4.99 Å². The van der Waals surface area contributed by atoms with Gasteiger partial charge in [0.25, 0.3) is 5.96 Å². The van der Waals surface area contributed by atoms with Crippen LogP contribution in [0.4, 0.5) is 0 Å². The minimum absolute atomic E-state index is 0.0178. The number of carbonyl (C=O) groups is 2. The van der Waals surface area contributed by atoms with E-state index >= 15 is 0 Å². The largest absolute Gasteiger partial charge is 0.481 e. The van der Waals surface area contributed by atoms with Crippen LogP contribution >= 0.6 is 0 Å². The van der Waals surface area contributed by atoms with Crippen molar-refractivity contribution >= 4 is 24.8 Å². The van der Waals surface area contributed by atoms with Crippen LogP contribution in [0.1, 0.15) is 86.0 Å². The highest BCUT2D eigenvalue weighted by atomic mass is 16.7. The third kappa shape index (κ3) is 7.22. The predicted octanol–water partition coefficient (Wildman–Crippen LogP) is 2.24. The molecule has 2 aliphatic heterocycles. The number of ketones is 1. The van der Waals surface area contributed by atoms with Crippen molar-refractivity contribution in [3.8, 4) is 0 Å². The van der Waals surface area contributed by atoms with Gasteiger partial charge in [-0.1, -0.05) is 33.1 Å². The van der Waals surface area contributed by atoms with Gasteiger partial charge in [-0.05, 0) is 88.1 Å². The van der Waals surface area contributed by atoms with Crippen molar-refractivity contribution in [2.75, 3.05) is 19.6 Å². The molecule has 5 fully saturated rings. The summed E-state index contributed by atoms with van der Waals surface area (Å²) >= 11 is 0. The quantitative estimate of drug-likeness (QED) is 0.0641. The number of piperidine rings is 1. The van der Waals surface area contributed by atoms with Gasteiger partial charge in [0.2, 0.25) is 5.91 Å². The lowest BCUT2D eigenvalue weighted by molar-refractivity contribution is -0.525. The zero-order chi connectivity index (χ0) is 29.9. The predicted molar refractivity (Wildman–Crippen MR) is 156 cm³/mol. The zero-order valence-corrected chi connectivity index (χ0v) is 25.3. The first-order valence-corrected chi connectivity index (χ1v) is 15.4. The number of nitro groups is 1. The molecule has 5 N–H and O–H groups in total. The van der Waals surface area contributed by atoms with Crippen molar-refractivity contribution in [2.24, 2.45) is 45.7 Å². The maximum absolute atomic E-state index is 13.8. The lowest BCUT2D eigenvalue weighted by atomic mass is 9.43. The fourth-order valence-corrected chi connectivity index (χ4v) is 7.66. The summed E-state index contributed by atoms with van der Waals surface area (Å²) in [6.07, 6.45) is 5.42. The van der Waals surface area contributed by atoms with Crippen LogP contribution in [0.5, 0.6) is 0 Å². The molecule has 0 aromatic heterocycles. The highest BCUT2D eigenvalue weighted by Gasteiger charge is 2.68. The first-order chi connectivity index (χ1) is 19.3. The van der Waals surface area contributed by atoms with Gasteiger partial charge in [0, 0.05) is 24.8 Å². The van der Waals surface area contributed by atoms with Crippen molar-refractivity contribution in [3.63, 3.8) is 0 Å². The van der Waals surface area contributed by atoms with E-state index in [1.807, 2.05) is 5.43 Å². The number of carbonyl (C=O) groups excluding carboxylic acids is 2. The monoisotopic (exact) mass is 576 g/mol. The number of hydrazine groups is 1. The number of guanidine groups is 1. The average Bonchev–Trinajstić information content (AvgIpc) is 3.26. The molecule has 13 heteroatoms. The molecule has 0 radical (unpaired) electrons. The van der Waals surface area contributed by atoms with Crippen LogP contribution in [-0.2, 0) is 18.9 Å². The molecule has 0 spiro atoms. The third-order valence-electron chi connectivity index (χ3n) is 10.2. The Hall–Kier alpha value is -2.25. The molecule has 230 valence electrons. The van der Waals surface area contributed by atoms with Crippen LogP contribution in [0.25, 0.3) is 0 Å². The minimum atomic E-state index is -0.768. The molecule has 0 unspecified atom stereocenters. The van der Waals surface area contributed by atoms with E-state index in [0.29, 0.717) is 37.0 Å². The highest BCUT2D eigenvalue weighted by Crippen LogP contribution is 2.65. The van der Waals surface area contributed by atoms with E-state index in [1.54, 1.807) is 0 Å². The van der Waals surface area contributed by atoms with Crippen molar-refractivity contribution in [1.82, 2.24) is 16.1 Å². The molecule has 6 atom stereocenters. The van der Waals surface area contributed by atoms with E-state index in [4.69, 9.17) is 15.0 Å². The second kappa shape index (κ2) is 13.0. The van der Waals surface area contributed by atoms with E-state index in [9.17, 15) is 19.7 Å². The summed E-state index contributed by atoms with van der Waals surface area (Å²) < 4.78 is 13.2. The Balaban J connectivity index is 1.43. The number of nitrogens with two attached hydrogens (primary N) is 1. The van der Waals surface area contributed by atoms with Gasteiger partial charge in [0.1, 0.15) is 5.78 Å². The molecular formula is C28H49BN6O6. The summed E-state index contributed by atoms with van der Waals surface area (Å²) in [6.45, 7) is 12.9. The summed E-state index contributed by atoms with van der Waals surface area (Å²) in [5.41, 5.74) is 7.21. The van der Waals surface area contributed by atoms with Gasteiger partial charge in [-0.3, -0.25) is 9.59 Å². The van der Waals surface area contributed by atoms with Crippen molar-refractivity contribution in [2.45, 2.75) is 104 Å². The Morgan fingerprint density at radius 3 is 2.56 bits per heavy atom. The Kier molecular flexibility index (Phi) is 10.0. The molecule has 2 saturated heterocycles. The molecule has 0 aromatic carbocycles. The Labute approximate surface area is 244 Å². The van der Waals surface area contributed by atoms with Crippen molar-refractivity contribution in [1.29, 1.82) is 0 Å². The number of Topliss-reactive ketones (excluding diaryl/α,β-unsaturated/α-hetero) is 1. The van der Waals surface area contributed by atoms with Crippen LogP contribution in [0.2, 0.25) is 0 Å². The van der Waals surface area contributed by atoms with Gasteiger partial charge in [-0.25, -0.2) is 15.1 Å². The number of amides is 1. The van der Waals surface area contributed by atoms with Crippen LogP contribution in [-0.4, -0.2) is 67.1 Å². The lowest BCUT2D eigenvalue weighted by Gasteiger charge is -2.64. The zero-order valence-electron chi connectivity index (χ0n) is 25.3. The standard InChI is InChI=1S/C28H49BN6O6/c1-17(2)13-24(29-40-23-16-20-15-22(27(20,3)4)28(23,5)41-29)33-25(37)19(7-6-10-32-26(30)34-35(38)39)14-21(36)18-8-11-31-12-9-18/h17-20,22-24,31H,6-16H2,1-5H3,(H,33,37)(H3,30,32,34)/t19-,20-,22-,23-,24+,28+/m1/s1. The minimum Gasteiger partial charge on any atom is -0.404 e. The van der Waals surface area contributed by atoms with Crippen molar-refractivity contribution < 1.29 is 23.9 Å². The molecule has 2 bridgehead atoms. The Bertz CT molecular complexity index is 1000. The van der Waals surface area contributed by atoms with E-state index in [0.717, 1.165) is 38.8 Å². The molecule has 3 saturated carbocycles. The molecular weight excluding hydrogens is 527 g/mol. The summed E-state index contributed by atoms with van der Waals surface area (Å²) in [5.74, 6) is 0.0720. The first kappa shape index (κ1) is 31.7. The molecule has 3 aliphatic carbocycles. The summed E-state index contributed by atoms with van der Waals surface area (Å²) in [6, 6.07) is 0. The second-order valence-electron chi connectivity index (χ2n) is 13.8. The number of hydrogen-bond donors (Lipinski definition) is 4. The molecule has 41 heavy (non-hydrogen) atoms. The number of hydrogen-bond acceptors (Lipinski definition) is 8. The molecule has 5 aliphatic rings. The molecule has 12 nitrogen and oxygen atoms in total. The van der Waals surface area contributed by atoms with Gasteiger partial charge in [-0.2, -0.15) is 0 Å². The fourth-order valence-electron chi connectivity index (χ4n) is 7.66. The molecule has 0 aromatic rings. The summed E-state index contributed by atoms with van der Waals surface area (Å²) in [7, 11) is -0.537. The van der Waals surface area contributed by atoms with E-state index < -0.39 is 18.1 Å². The lowest BCUT2D eigenvalue weighted by Crippen LogP contribution is -2.65. The normalized spacial score (nSPS) is 30.7. The first-order valence-electron chi connectivity index (χ1n) is 15.4. The molecule has 2 heterocycles. The van der Waals surface area contributed by atoms with Gasteiger partial charge < -0.3 is 25.7 Å². The molecule has 1 amide bonds. The van der Waals surface area contributed by atoms with Gasteiger partial charge in [-0.15, -0.1) is 0 Å². The topological polar surface area (TPSA) is 170 Å². The van der Waals surface area contributed by atoms with Gasteiger partial charge in [0.05, 0.1) is 17.6 Å². The maximum atomic E-state index is 13.8. The smallest absolute Gasteiger partial charge is 0.404 e. The van der Waals surface area contributed by atoms with Gasteiger partial charge >= 0.3 is 7.12 Å². The van der Waals surface area contributed by atoms with E-state index in [2.05, 4.69) is 50.2 Å². The SMILES string of the molecule is CC(C)C[C@H](NC(=O)[C@H](CCCN=C(N)N[N+](=O)[O-])CC(=O)C1CCNCC1)B1O[C@@H]2C[C@H]3C[C@H](C3(C)C)[C@]2(C)O1. The van der Waals surface area contributed by atoms with Crippen LogP contribution in [0.3, 0.4) is 0 Å². The number of nitrogens with one attached hydrogen (secondary N) is 3. The highest BCUT2D eigenvalue weighted by molar-refractivity contribution is 6.47.